The van der Waals surface area contributed by atoms with Gasteiger partial charge in [0.05, 0.1) is 30.3 Å². The molecule has 3 heterocycles. The van der Waals surface area contributed by atoms with E-state index in [0.29, 0.717) is 39.5 Å². The maximum Gasteiger partial charge on any atom is 0.338 e. The number of thioether (sulfide) groups is 1. The zero-order valence-corrected chi connectivity index (χ0v) is 21.3. The van der Waals surface area contributed by atoms with Crippen LogP contribution in [-0.2, 0) is 20.9 Å². The zero-order valence-electron chi connectivity index (χ0n) is 19.7. The number of rotatable bonds is 7. The summed E-state index contributed by atoms with van der Waals surface area (Å²) in [5.74, 6) is 0.787. The standard InChI is InChI=1S/C26H24ClN3O5S/c1-3-33-25(32)23-15(2)29-26-30(24(23)17-5-7-18(27)8-6-17)19(13-36-26)11-22(31)28-12-16-4-9-20-21(10-16)35-14-34-20/h4-10,13,24H,3,11-12,14H2,1-2H3,(H,28,31)/t24-/m1/s1. The number of carbonyl (C=O) groups is 2. The van der Waals surface area contributed by atoms with Crippen LogP contribution in [0.5, 0.6) is 11.5 Å². The van der Waals surface area contributed by atoms with Crippen LogP contribution < -0.4 is 14.8 Å². The van der Waals surface area contributed by atoms with Crippen molar-refractivity contribution in [2.45, 2.75) is 32.9 Å². The fourth-order valence-electron chi connectivity index (χ4n) is 4.28. The van der Waals surface area contributed by atoms with Crippen LogP contribution in [0.2, 0.25) is 5.02 Å². The van der Waals surface area contributed by atoms with Crippen molar-refractivity contribution >= 4 is 40.4 Å². The number of nitrogens with zero attached hydrogens (tertiary/aromatic N) is 2. The first-order valence-electron chi connectivity index (χ1n) is 11.5. The Bertz CT molecular complexity index is 1310. The molecular formula is C26H24ClN3O5S. The van der Waals surface area contributed by atoms with Crippen molar-refractivity contribution < 1.29 is 23.8 Å². The van der Waals surface area contributed by atoms with Crippen LogP contribution in [0.4, 0.5) is 0 Å². The number of halogens is 1. The number of hydrogen-bond donors (Lipinski definition) is 1. The highest BCUT2D eigenvalue weighted by molar-refractivity contribution is 8.16. The molecule has 2 aromatic carbocycles. The summed E-state index contributed by atoms with van der Waals surface area (Å²) in [6.45, 7) is 4.37. The molecule has 0 radical (unpaired) electrons. The number of allylic oxidation sites excluding steroid dienone is 1. The van der Waals surface area contributed by atoms with E-state index in [1.54, 1.807) is 26.0 Å². The van der Waals surface area contributed by atoms with Gasteiger partial charge in [0, 0.05) is 17.3 Å². The van der Waals surface area contributed by atoms with Gasteiger partial charge in [0.2, 0.25) is 12.7 Å². The molecule has 0 spiro atoms. The SMILES string of the molecule is CCOC(=O)C1=C(C)N=C2SC=C(CC(=O)NCc3ccc4c(c3)OCO4)N2[C@@H]1c1ccc(Cl)cc1. The summed E-state index contributed by atoms with van der Waals surface area (Å²) in [6.07, 6.45) is 0.121. The Hall–Kier alpha value is -3.43. The van der Waals surface area contributed by atoms with Crippen LogP contribution in [0.15, 0.2) is 69.8 Å². The number of amides is 1. The Labute approximate surface area is 217 Å². The number of benzene rings is 2. The molecule has 186 valence electrons. The topological polar surface area (TPSA) is 89.5 Å². The summed E-state index contributed by atoms with van der Waals surface area (Å²) in [7, 11) is 0. The molecule has 8 nitrogen and oxygen atoms in total. The fourth-order valence-corrected chi connectivity index (χ4v) is 5.37. The molecule has 3 aliphatic rings. The van der Waals surface area contributed by atoms with Gasteiger partial charge in [-0.25, -0.2) is 9.79 Å². The second-order valence-corrected chi connectivity index (χ2v) is 9.58. The molecule has 36 heavy (non-hydrogen) atoms. The lowest BCUT2D eigenvalue weighted by Crippen LogP contribution is -2.38. The Morgan fingerprint density at radius 2 is 1.97 bits per heavy atom. The Kier molecular flexibility index (Phi) is 6.93. The highest BCUT2D eigenvalue weighted by Crippen LogP contribution is 2.45. The number of ether oxygens (including phenoxy) is 3. The first-order chi connectivity index (χ1) is 17.4. The molecule has 1 amide bonds. The summed E-state index contributed by atoms with van der Waals surface area (Å²) < 4.78 is 16.1. The minimum absolute atomic E-state index is 0.121. The maximum absolute atomic E-state index is 13.0. The van der Waals surface area contributed by atoms with E-state index in [4.69, 9.17) is 25.8 Å². The van der Waals surface area contributed by atoms with Crippen molar-refractivity contribution in [1.82, 2.24) is 10.2 Å². The molecule has 0 aromatic heterocycles. The predicted octanol–water partition coefficient (Wildman–Crippen LogP) is 4.91. The number of carbonyl (C=O) groups excluding carboxylic acids is 2. The molecule has 3 aliphatic heterocycles. The average Bonchev–Trinajstić information content (AvgIpc) is 3.49. The van der Waals surface area contributed by atoms with Crippen molar-refractivity contribution in [3.63, 3.8) is 0 Å². The number of esters is 1. The van der Waals surface area contributed by atoms with E-state index in [1.165, 1.54) is 11.8 Å². The molecule has 2 aromatic rings. The smallest absolute Gasteiger partial charge is 0.338 e. The van der Waals surface area contributed by atoms with Gasteiger partial charge in [0.1, 0.15) is 0 Å². The van der Waals surface area contributed by atoms with E-state index < -0.39 is 12.0 Å². The second kappa shape index (κ2) is 10.3. The van der Waals surface area contributed by atoms with Crippen LogP contribution in [0, 0.1) is 0 Å². The molecular weight excluding hydrogens is 502 g/mol. The van der Waals surface area contributed by atoms with Crippen LogP contribution in [0.3, 0.4) is 0 Å². The van der Waals surface area contributed by atoms with Gasteiger partial charge >= 0.3 is 5.97 Å². The molecule has 0 aliphatic carbocycles. The van der Waals surface area contributed by atoms with Crippen LogP contribution in [-0.4, -0.2) is 35.3 Å². The van der Waals surface area contributed by atoms with Gasteiger partial charge in [0.25, 0.3) is 0 Å². The van der Waals surface area contributed by atoms with E-state index in [1.807, 2.05) is 40.6 Å². The number of nitrogens with one attached hydrogen (secondary N) is 1. The van der Waals surface area contributed by atoms with Crippen molar-refractivity contribution in [3.05, 3.63) is 81.0 Å². The lowest BCUT2D eigenvalue weighted by molar-refractivity contribution is -0.139. The predicted molar refractivity (Wildman–Crippen MR) is 138 cm³/mol. The Morgan fingerprint density at radius 3 is 2.75 bits per heavy atom. The summed E-state index contributed by atoms with van der Waals surface area (Å²) in [4.78, 5) is 32.5. The quantitative estimate of drug-likeness (QED) is 0.513. The highest BCUT2D eigenvalue weighted by atomic mass is 35.5. The molecule has 1 atom stereocenters. The van der Waals surface area contributed by atoms with Crippen molar-refractivity contribution in [3.8, 4) is 11.5 Å². The van der Waals surface area contributed by atoms with Gasteiger partial charge in [-0.05, 0) is 54.6 Å². The number of fused-ring (bicyclic) bond motifs is 2. The zero-order chi connectivity index (χ0) is 25.2. The molecule has 0 unspecified atom stereocenters. The molecule has 5 rings (SSSR count). The fraction of sp³-hybridized carbons (Fsp3) is 0.269. The van der Waals surface area contributed by atoms with E-state index in [9.17, 15) is 9.59 Å². The molecule has 0 bridgehead atoms. The number of amidine groups is 1. The average molecular weight is 526 g/mol. The van der Waals surface area contributed by atoms with Gasteiger partial charge in [-0.2, -0.15) is 0 Å². The summed E-state index contributed by atoms with van der Waals surface area (Å²) in [5, 5.41) is 6.17. The molecule has 0 saturated heterocycles. The third-order valence-electron chi connectivity index (χ3n) is 5.95. The second-order valence-electron chi connectivity index (χ2n) is 8.31. The molecule has 0 fully saturated rings. The van der Waals surface area contributed by atoms with Gasteiger partial charge in [-0.15, -0.1) is 0 Å². The third kappa shape index (κ3) is 4.81. The van der Waals surface area contributed by atoms with Crippen molar-refractivity contribution in [2.24, 2.45) is 4.99 Å². The first kappa shape index (κ1) is 24.3. The highest BCUT2D eigenvalue weighted by Gasteiger charge is 2.41. The molecule has 10 heteroatoms. The van der Waals surface area contributed by atoms with E-state index in [0.717, 1.165) is 16.8 Å². The first-order valence-corrected chi connectivity index (χ1v) is 12.7. The third-order valence-corrected chi connectivity index (χ3v) is 7.09. The van der Waals surface area contributed by atoms with E-state index in [2.05, 4.69) is 10.3 Å². The number of aliphatic imine (C=N–C) groups is 1. The molecule has 1 N–H and O–H groups in total. The largest absolute Gasteiger partial charge is 0.463 e. The summed E-state index contributed by atoms with van der Waals surface area (Å²) >= 11 is 7.56. The summed E-state index contributed by atoms with van der Waals surface area (Å²) in [6, 6.07) is 12.4. The summed E-state index contributed by atoms with van der Waals surface area (Å²) in [5.41, 5.74) is 3.54. The monoisotopic (exact) mass is 525 g/mol. The van der Waals surface area contributed by atoms with Crippen molar-refractivity contribution in [2.75, 3.05) is 13.4 Å². The van der Waals surface area contributed by atoms with Crippen LogP contribution in [0.25, 0.3) is 0 Å². The van der Waals surface area contributed by atoms with E-state index >= 15 is 0 Å². The lowest BCUT2D eigenvalue weighted by Gasteiger charge is -2.36. The molecule has 0 saturated carbocycles. The minimum Gasteiger partial charge on any atom is -0.463 e. The van der Waals surface area contributed by atoms with Crippen molar-refractivity contribution in [1.29, 1.82) is 0 Å². The van der Waals surface area contributed by atoms with Gasteiger partial charge < -0.3 is 24.4 Å². The maximum atomic E-state index is 13.0. The Morgan fingerprint density at radius 1 is 1.19 bits per heavy atom. The number of hydrogen-bond acceptors (Lipinski definition) is 8. The Balaban J connectivity index is 1.36. The van der Waals surface area contributed by atoms with Crippen LogP contribution >= 0.6 is 23.4 Å². The van der Waals surface area contributed by atoms with Crippen LogP contribution in [0.1, 0.15) is 37.4 Å². The van der Waals surface area contributed by atoms with Gasteiger partial charge in [-0.3, -0.25) is 4.79 Å². The minimum atomic E-state index is -0.489. The van der Waals surface area contributed by atoms with Gasteiger partial charge in [0.15, 0.2) is 16.7 Å². The normalized spacial score (nSPS) is 18.0. The lowest BCUT2D eigenvalue weighted by atomic mass is 9.94. The van der Waals surface area contributed by atoms with Gasteiger partial charge in [-0.1, -0.05) is 41.6 Å². The van der Waals surface area contributed by atoms with E-state index in [-0.39, 0.29) is 25.7 Å².